The summed E-state index contributed by atoms with van der Waals surface area (Å²) in [5.41, 5.74) is 6.08. The molecule has 2 aliphatic rings. The van der Waals surface area contributed by atoms with Gasteiger partial charge in [-0.15, -0.1) is 0 Å². The van der Waals surface area contributed by atoms with E-state index in [1.165, 1.54) is 12.2 Å². The molecule has 1 aromatic carbocycles. The molecule has 1 aromatic rings. The summed E-state index contributed by atoms with van der Waals surface area (Å²) in [5, 5.41) is 6.48. The minimum absolute atomic E-state index is 0.0124. The molecule has 0 bridgehead atoms. The average molecular weight is 587 g/mol. The highest BCUT2D eigenvalue weighted by Gasteiger charge is 2.38. The van der Waals surface area contributed by atoms with Crippen molar-refractivity contribution in [3.8, 4) is 0 Å². The molecular formula is C29H42F4N4O4. The van der Waals surface area contributed by atoms with Crippen LogP contribution in [0.15, 0.2) is 12.1 Å². The predicted octanol–water partition coefficient (Wildman–Crippen LogP) is 6.22. The van der Waals surface area contributed by atoms with Crippen molar-refractivity contribution in [3.05, 3.63) is 23.5 Å². The standard InChI is InChI=1S/C29H42F4N4O4/c1-3-41-29(40)36-21-15-22(20(30)14-19(21)16(2)27(38)37-26(33)25(31)32)35-28(39)24(34)23(17-10-6-4-7-11-17)18-12-8-5-9-13-18/h14-18,23-26H,3-13,34H2,1-2H3,(H,35,39)(H,36,40)(H,37,38). The Balaban J connectivity index is 1.87. The fourth-order valence-electron chi connectivity index (χ4n) is 6.29. The second kappa shape index (κ2) is 15.4. The molecule has 5 N–H and O–H groups in total. The zero-order chi connectivity index (χ0) is 30.1. The van der Waals surface area contributed by atoms with Crippen LogP contribution < -0.4 is 21.7 Å². The van der Waals surface area contributed by atoms with Crippen molar-refractivity contribution in [3.63, 3.8) is 0 Å². The number of rotatable bonds is 11. The second-order valence-corrected chi connectivity index (χ2v) is 11.1. The topological polar surface area (TPSA) is 123 Å². The predicted molar refractivity (Wildman–Crippen MR) is 148 cm³/mol. The average Bonchev–Trinajstić information content (AvgIpc) is 2.95. The Labute approximate surface area is 238 Å². The summed E-state index contributed by atoms with van der Waals surface area (Å²) >= 11 is 0. The van der Waals surface area contributed by atoms with E-state index >= 15 is 4.39 Å². The van der Waals surface area contributed by atoms with Crippen molar-refractivity contribution < 1.29 is 36.7 Å². The second-order valence-electron chi connectivity index (χ2n) is 11.1. The van der Waals surface area contributed by atoms with Crippen molar-refractivity contribution in [1.82, 2.24) is 5.32 Å². The molecule has 41 heavy (non-hydrogen) atoms. The summed E-state index contributed by atoms with van der Waals surface area (Å²) in [7, 11) is 0. The number of carbonyl (C=O) groups is 3. The van der Waals surface area contributed by atoms with Gasteiger partial charge in [0.15, 0.2) is 0 Å². The Morgan fingerprint density at radius 3 is 1.98 bits per heavy atom. The van der Waals surface area contributed by atoms with Crippen LogP contribution in [0.25, 0.3) is 0 Å². The molecule has 2 saturated carbocycles. The number of hydrogen-bond donors (Lipinski definition) is 4. The third kappa shape index (κ3) is 8.80. The summed E-state index contributed by atoms with van der Waals surface area (Å²) in [6, 6.07) is 1.14. The number of nitrogens with one attached hydrogen (secondary N) is 3. The molecule has 3 amide bonds. The van der Waals surface area contributed by atoms with Gasteiger partial charge >= 0.3 is 6.09 Å². The minimum atomic E-state index is -3.45. The number of anilines is 2. The third-order valence-corrected chi connectivity index (χ3v) is 8.38. The van der Waals surface area contributed by atoms with E-state index in [9.17, 15) is 27.6 Å². The first-order valence-electron chi connectivity index (χ1n) is 14.6. The Morgan fingerprint density at radius 2 is 1.46 bits per heavy atom. The number of ether oxygens (including phenoxy) is 1. The van der Waals surface area contributed by atoms with Crippen molar-refractivity contribution in [2.45, 2.75) is 103 Å². The lowest BCUT2D eigenvalue weighted by Crippen LogP contribution is -2.48. The third-order valence-electron chi connectivity index (χ3n) is 8.38. The molecule has 8 nitrogen and oxygen atoms in total. The Morgan fingerprint density at radius 1 is 0.902 bits per heavy atom. The highest BCUT2D eigenvalue weighted by atomic mass is 19.3. The van der Waals surface area contributed by atoms with Crippen molar-refractivity contribution in [2.75, 3.05) is 17.2 Å². The van der Waals surface area contributed by atoms with E-state index in [1.807, 2.05) is 0 Å². The smallest absolute Gasteiger partial charge is 0.411 e. The van der Waals surface area contributed by atoms with Gasteiger partial charge in [-0.05, 0) is 49.3 Å². The molecule has 0 heterocycles. The van der Waals surface area contributed by atoms with E-state index in [1.54, 1.807) is 6.92 Å². The molecule has 3 rings (SSSR count). The zero-order valence-corrected chi connectivity index (χ0v) is 23.7. The summed E-state index contributed by atoms with van der Waals surface area (Å²) in [6.45, 7) is 2.82. The molecule has 0 spiro atoms. The highest BCUT2D eigenvalue weighted by Crippen LogP contribution is 2.41. The highest BCUT2D eigenvalue weighted by molar-refractivity contribution is 5.97. The molecule has 12 heteroatoms. The number of benzene rings is 1. The minimum Gasteiger partial charge on any atom is -0.450 e. The molecule has 0 radical (unpaired) electrons. The molecule has 2 fully saturated rings. The Bertz CT molecular complexity index is 1030. The van der Waals surface area contributed by atoms with Crippen LogP contribution in [-0.4, -0.2) is 43.3 Å². The van der Waals surface area contributed by atoms with Crippen LogP contribution in [0.3, 0.4) is 0 Å². The molecule has 0 saturated heterocycles. The van der Waals surface area contributed by atoms with Crippen molar-refractivity contribution in [1.29, 1.82) is 0 Å². The van der Waals surface area contributed by atoms with Gasteiger partial charge in [-0.25, -0.2) is 22.4 Å². The lowest BCUT2D eigenvalue weighted by molar-refractivity contribution is -0.126. The van der Waals surface area contributed by atoms with E-state index in [-0.39, 0.29) is 29.5 Å². The van der Waals surface area contributed by atoms with Gasteiger partial charge in [0, 0.05) is 0 Å². The summed E-state index contributed by atoms with van der Waals surface area (Å²) in [5.74, 6) is -3.39. The van der Waals surface area contributed by atoms with Gasteiger partial charge < -0.3 is 21.1 Å². The number of hydrogen-bond acceptors (Lipinski definition) is 5. The van der Waals surface area contributed by atoms with Crippen LogP contribution in [0.2, 0.25) is 0 Å². The fraction of sp³-hybridized carbons (Fsp3) is 0.690. The van der Waals surface area contributed by atoms with Crippen LogP contribution in [0.1, 0.15) is 89.5 Å². The van der Waals surface area contributed by atoms with E-state index in [2.05, 4.69) is 10.6 Å². The van der Waals surface area contributed by atoms with Gasteiger partial charge in [0.2, 0.25) is 18.1 Å². The van der Waals surface area contributed by atoms with Crippen LogP contribution in [0.5, 0.6) is 0 Å². The monoisotopic (exact) mass is 586 g/mol. The number of nitrogens with two attached hydrogens (primary N) is 1. The molecule has 0 aliphatic heterocycles. The largest absolute Gasteiger partial charge is 0.450 e. The number of alkyl halides is 3. The maximum Gasteiger partial charge on any atom is 0.411 e. The molecule has 0 aromatic heterocycles. The van der Waals surface area contributed by atoms with Gasteiger partial charge in [0.25, 0.3) is 6.43 Å². The summed E-state index contributed by atoms with van der Waals surface area (Å²) < 4.78 is 58.9. The lowest BCUT2D eigenvalue weighted by Gasteiger charge is -2.40. The Hall–Kier alpha value is -2.89. The first kappa shape index (κ1) is 32.6. The van der Waals surface area contributed by atoms with E-state index in [0.29, 0.717) is 11.8 Å². The summed E-state index contributed by atoms with van der Waals surface area (Å²) in [6.07, 6.45) is 3.41. The zero-order valence-electron chi connectivity index (χ0n) is 23.7. The fourth-order valence-corrected chi connectivity index (χ4v) is 6.29. The van der Waals surface area contributed by atoms with Gasteiger partial charge in [-0.1, -0.05) is 64.2 Å². The van der Waals surface area contributed by atoms with Gasteiger partial charge in [0.05, 0.1) is 29.9 Å². The molecule has 3 unspecified atom stereocenters. The van der Waals surface area contributed by atoms with Crippen molar-refractivity contribution in [2.24, 2.45) is 23.5 Å². The van der Waals surface area contributed by atoms with Crippen molar-refractivity contribution >= 4 is 29.3 Å². The number of halogens is 4. The first-order valence-corrected chi connectivity index (χ1v) is 14.6. The van der Waals surface area contributed by atoms with Gasteiger partial charge in [0.1, 0.15) is 5.82 Å². The van der Waals surface area contributed by atoms with E-state index in [0.717, 1.165) is 76.3 Å². The maximum absolute atomic E-state index is 15.3. The normalized spacial score (nSPS) is 19.0. The van der Waals surface area contributed by atoms with Crippen LogP contribution in [0, 0.1) is 23.6 Å². The van der Waals surface area contributed by atoms with E-state index < -0.39 is 48.4 Å². The lowest BCUT2D eigenvalue weighted by atomic mass is 9.66. The Kier molecular flexibility index (Phi) is 12.2. The first-order chi connectivity index (χ1) is 19.5. The number of carbonyl (C=O) groups excluding carboxylic acids is 3. The van der Waals surface area contributed by atoms with Crippen LogP contribution >= 0.6 is 0 Å². The quantitative estimate of drug-likeness (QED) is 0.181. The van der Waals surface area contributed by atoms with Gasteiger partial charge in [-0.3, -0.25) is 14.9 Å². The molecule has 2 aliphatic carbocycles. The van der Waals surface area contributed by atoms with E-state index in [4.69, 9.17) is 10.5 Å². The molecule has 230 valence electrons. The van der Waals surface area contributed by atoms with Crippen LogP contribution in [-0.2, 0) is 14.3 Å². The SMILES string of the molecule is CCOC(=O)Nc1cc(NC(=O)C(N)C(C2CCCCC2)C2CCCCC2)c(F)cc1C(C)C(=O)NC(F)C(F)F. The maximum atomic E-state index is 15.3. The summed E-state index contributed by atoms with van der Waals surface area (Å²) in [4.78, 5) is 38.1. The van der Waals surface area contributed by atoms with Crippen LogP contribution in [0.4, 0.5) is 33.7 Å². The molecular weight excluding hydrogens is 544 g/mol. The number of amides is 3. The van der Waals surface area contributed by atoms with Gasteiger partial charge in [-0.2, -0.15) is 0 Å². The molecule has 3 atom stereocenters.